The van der Waals surface area contributed by atoms with Gasteiger partial charge in [-0.05, 0) is 52.2 Å². The summed E-state index contributed by atoms with van der Waals surface area (Å²) in [6.45, 7) is 0. The fraction of sp³-hybridized carbons (Fsp3) is 0. The third-order valence-electron chi connectivity index (χ3n) is 9.28. The highest BCUT2D eigenvalue weighted by molar-refractivity contribution is 7.26. The monoisotopic (exact) mass is 631 g/mol. The predicted octanol–water partition coefficient (Wildman–Crippen LogP) is 12.0. The lowest BCUT2D eigenvalue weighted by Crippen LogP contribution is -1.91. The van der Waals surface area contributed by atoms with Crippen LogP contribution >= 0.6 is 11.3 Å². The van der Waals surface area contributed by atoms with Gasteiger partial charge in [0.15, 0.2) is 5.82 Å². The standard InChI is InChI=1S/C43H25N3OS/c1-3-19-39-32(9-1)34-15-7-17-36(41(34)47-39)38-22-21-26(23-44-38)28-11-5-14-31-29(12-6-13-30(28)31)27-24-45-43(46-25-27)37-18-8-16-35-33-10-2-4-20-40(33)48-42(35)37/h1-25H. The Kier molecular flexibility index (Phi) is 6.01. The molecule has 0 aliphatic carbocycles. The van der Waals surface area contributed by atoms with Gasteiger partial charge in [-0.15, -0.1) is 11.3 Å². The molecule has 0 N–H and O–H groups in total. The van der Waals surface area contributed by atoms with E-state index >= 15 is 0 Å². The van der Waals surface area contributed by atoms with E-state index in [1.165, 1.54) is 20.2 Å². The molecule has 0 radical (unpaired) electrons. The van der Waals surface area contributed by atoms with Crippen LogP contribution in [0.15, 0.2) is 156 Å². The highest BCUT2D eigenvalue weighted by Gasteiger charge is 2.15. The van der Waals surface area contributed by atoms with E-state index in [0.717, 1.165) is 77.6 Å². The van der Waals surface area contributed by atoms with E-state index in [0.29, 0.717) is 0 Å². The van der Waals surface area contributed by atoms with E-state index in [-0.39, 0.29) is 0 Å². The van der Waals surface area contributed by atoms with Gasteiger partial charge in [-0.3, -0.25) is 4.98 Å². The van der Waals surface area contributed by atoms with Crippen LogP contribution in [0.5, 0.6) is 0 Å². The van der Waals surface area contributed by atoms with Gasteiger partial charge in [-0.25, -0.2) is 9.97 Å². The Morgan fingerprint density at radius 2 is 1.02 bits per heavy atom. The van der Waals surface area contributed by atoms with Crippen LogP contribution in [0.3, 0.4) is 0 Å². The number of rotatable bonds is 4. The first-order valence-electron chi connectivity index (χ1n) is 15.9. The van der Waals surface area contributed by atoms with Crippen LogP contribution in [0.2, 0.25) is 0 Å². The highest BCUT2D eigenvalue weighted by Crippen LogP contribution is 2.40. The van der Waals surface area contributed by atoms with E-state index in [4.69, 9.17) is 19.4 Å². The predicted molar refractivity (Wildman–Crippen MR) is 199 cm³/mol. The van der Waals surface area contributed by atoms with Crippen molar-refractivity contribution in [3.05, 3.63) is 152 Å². The average Bonchev–Trinajstić information content (AvgIpc) is 3.73. The number of fused-ring (bicyclic) bond motifs is 7. The molecule has 0 amide bonds. The van der Waals surface area contributed by atoms with E-state index in [1.807, 2.05) is 36.8 Å². The van der Waals surface area contributed by atoms with Crippen molar-refractivity contribution in [2.45, 2.75) is 0 Å². The zero-order chi connectivity index (χ0) is 31.6. The molecule has 0 saturated carbocycles. The van der Waals surface area contributed by atoms with Crippen LogP contribution < -0.4 is 0 Å². The maximum atomic E-state index is 6.28. The summed E-state index contributed by atoms with van der Waals surface area (Å²) in [5.74, 6) is 0.737. The third-order valence-corrected chi connectivity index (χ3v) is 10.5. The molecular weight excluding hydrogens is 607 g/mol. The second kappa shape index (κ2) is 10.7. The number of thiophene rings is 1. The van der Waals surface area contributed by atoms with Crippen molar-refractivity contribution >= 4 is 64.2 Å². The highest BCUT2D eigenvalue weighted by atomic mass is 32.1. The van der Waals surface area contributed by atoms with Crippen molar-refractivity contribution < 1.29 is 4.42 Å². The molecule has 0 unspecified atom stereocenters. The molecule has 0 spiro atoms. The third kappa shape index (κ3) is 4.18. The van der Waals surface area contributed by atoms with Crippen molar-refractivity contribution in [3.63, 3.8) is 0 Å². The van der Waals surface area contributed by atoms with Gasteiger partial charge >= 0.3 is 0 Å². The number of para-hydroxylation sites is 2. The zero-order valence-electron chi connectivity index (χ0n) is 25.6. The maximum Gasteiger partial charge on any atom is 0.160 e. The van der Waals surface area contributed by atoms with Gasteiger partial charge in [0.2, 0.25) is 0 Å². The molecule has 0 aliphatic heterocycles. The van der Waals surface area contributed by atoms with Gasteiger partial charge in [0.25, 0.3) is 0 Å². The van der Waals surface area contributed by atoms with Crippen LogP contribution in [-0.2, 0) is 0 Å². The minimum absolute atomic E-state index is 0.737. The molecule has 0 atom stereocenters. The lowest BCUT2D eigenvalue weighted by atomic mass is 9.94. The molecule has 6 aromatic carbocycles. The maximum absolute atomic E-state index is 6.28. The summed E-state index contributed by atoms with van der Waals surface area (Å²) in [6.07, 6.45) is 5.86. The van der Waals surface area contributed by atoms with E-state index in [9.17, 15) is 0 Å². The topological polar surface area (TPSA) is 51.8 Å². The Hall–Kier alpha value is -6.17. The number of pyridine rings is 1. The molecule has 5 heteroatoms. The van der Waals surface area contributed by atoms with Crippen molar-refractivity contribution in [3.8, 4) is 44.9 Å². The largest absolute Gasteiger partial charge is 0.455 e. The Morgan fingerprint density at radius 3 is 1.79 bits per heavy atom. The zero-order valence-corrected chi connectivity index (χ0v) is 26.4. The first kappa shape index (κ1) is 27.0. The van der Waals surface area contributed by atoms with Gasteiger partial charge in [0, 0.05) is 71.8 Å². The minimum atomic E-state index is 0.737. The summed E-state index contributed by atoms with van der Waals surface area (Å²) in [4.78, 5) is 14.7. The minimum Gasteiger partial charge on any atom is -0.455 e. The van der Waals surface area contributed by atoms with Crippen molar-refractivity contribution in [1.82, 2.24) is 15.0 Å². The quantitative estimate of drug-likeness (QED) is 0.194. The molecular formula is C43H25N3OS. The Morgan fingerprint density at radius 1 is 0.417 bits per heavy atom. The summed E-state index contributed by atoms with van der Waals surface area (Å²) in [7, 11) is 0. The van der Waals surface area contributed by atoms with E-state index in [2.05, 4.69) is 115 Å². The lowest BCUT2D eigenvalue weighted by molar-refractivity contribution is 0.670. The fourth-order valence-corrected chi connectivity index (χ4v) is 8.22. The van der Waals surface area contributed by atoms with Crippen molar-refractivity contribution in [2.24, 2.45) is 0 Å². The van der Waals surface area contributed by atoms with Crippen LogP contribution in [-0.4, -0.2) is 15.0 Å². The molecule has 4 aromatic heterocycles. The summed E-state index contributed by atoms with van der Waals surface area (Å²) in [5.41, 5.74) is 8.95. The molecule has 4 heterocycles. The Labute approximate surface area is 279 Å². The molecule has 10 aromatic rings. The number of aromatic nitrogens is 3. The molecule has 0 fully saturated rings. The van der Waals surface area contributed by atoms with Gasteiger partial charge < -0.3 is 4.42 Å². The number of hydrogen-bond acceptors (Lipinski definition) is 5. The first-order valence-corrected chi connectivity index (χ1v) is 16.7. The molecule has 0 bridgehead atoms. The van der Waals surface area contributed by atoms with Crippen LogP contribution in [0.1, 0.15) is 0 Å². The van der Waals surface area contributed by atoms with Crippen molar-refractivity contribution in [2.75, 3.05) is 0 Å². The van der Waals surface area contributed by atoms with Crippen LogP contribution in [0, 0.1) is 0 Å². The van der Waals surface area contributed by atoms with Gasteiger partial charge in [0.1, 0.15) is 11.2 Å². The fourth-order valence-electron chi connectivity index (χ4n) is 7.00. The molecule has 4 nitrogen and oxygen atoms in total. The summed E-state index contributed by atoms with van der Waals surface area (Å²) in [5, 5.41) is 7.04. The number of nitrogens with zero attached hydrogens (tertiary/aromatic N) is 3. The average molecular weight is 632 g/mol. The number of benzene rings is 6. The van der Waals surface area contributed by atoms with E-state index in [1.54, 1.807) is 11.3 Å². The normalized spacial score (nSPS) is 11.8. The molecule has 10 rings (SSSR count). The summed E-state index contributed by atoms with van der Waals surface area (Å²) >= 11 is 1.80. The number of furan rings is 1. The van der Waals surface area contributed by atoms with Crippen LogP contribution in [0.25, 0.3) is 97.8 Å². The van der Waals surface area contributed by atoms with Gasteiger partial charge in [-0.1, -0.05) is 103 Å². The molecule has 48 heavy (non-hydrogen) atoms. The smallest absolute Gasteiger partial charge is 0.160 e. The number of hydrogen-bond donors (Lipinski definition) is 0. The lowest BCUT2D eigenvalue weighted by Gasteiger charge is -2.12. The van der Waals surface area contributed by atoms with Crippen molar-refractivity contribution in [1.29, 1.82) is 0 Å². The second-order valence-corrected chi connectivity index (χ2v) is 13.0. The molecule has 0 saturated heterocycles. The summed E-state index contributed by atoms with van der Waals surface area (Å²) in [6, 6.07) is 46.5. The van der Waals surface area contributed by atoms with Gasteiger partial charge in [0.05, 0.1) is 5.69 Å². The second-order valence-electron chi connectivity index (χ2n) is 12.0. The SMILES string of the molecule is c1ccc2c(c1)oc1c(-c3ccc(-c4cccc5c(-c6cnc(-c7cccc8c7sc7ccccc78)nc6)cccc45)cn3)cccc12. The Balaban J connectivity index is 1.01. The Bertz CT molecular complexity index is 2630. The van der Waals surface area contributed by atoms with Gasteiger partial charge in [-0.2, -0.15) is 0 Å². The van der Waals surface area contributed by atoms with Crippen LogP contribution in [0.4, 0.5) is 0 Å². The molecule has 0 aliphatic rings. The first-order chi connectivity index (χ1) is 23.8. The summed E-state index contributed by atoms with van der Waals surface area (Å²) < 4.78 is 8.77. The molecule has 224 valence electrons. The van der Waals surface area contributed by atoms with E-state index < -0.39 is 0 Å².